The third-order valence-electron chi connectivity index (χ3n) is 14.8. The number of nitro groups is 1. The van der Waals surface area contributed by atoms with Crippen molar-refractivity contribution in [2.75, 3.05) is 18.0 Å². The van der Waals surface area contributed by atoms with Crippen molar-refractivity contribution in [1.82, 2.24) is 0 Å². The largest absolute Gasteiger partial charge is 0.372 e. The second kappa shape index (κ2) is 42.7. The lowest BCUT2D eigenvalue weighted by atomic mass is 10.0. The fourth-order valence-electron chi connectivity index (χ4n) is 10.2. The van der Waals surface area contributed by atoms with Crippen LogP contribution >= 0.6 is 0 Å². The summed E-state index contributed by atoms with van der Waals surface area (Å²) in [5.74, 6) is 0. The highest BCUT2D eigenvalue weighted by molar-refractivity contribution is 5.74. The first kappa shape index (κ1) is 60.4. The molecule has 0 radical (unpaired) electrons. The third-order valence-corrected chi connectivity index (χ3v) is 14.8. The number of rotatable bonds is 47. The first-order chi connectivity index (χ1) is 34.5. The summed E-state index contributed by atoms with van der Waals surface area (Å²) in [7, 11) is 0. The van der Waals surface area contributed by atoms with Crippen LogP contribution in [0.3, 0.4) is 0 Å². The fraction of sp³-hybridized carbons (Fsp3) is 0.677. The van der Waals surface area contributed by atoms with Crippen LogP contribution in [0.15, 0.2) is 66.7 Å². The fourth-order valence-corrected chi connectivity index (χ4v) is 10.2. The molecule has 70 heavy (non-hydrogen) atoms. The van der Waals surface area contributed by atoms with Crippen molar-refractivity contribution in [2.24, 2.45) is 0 Å². The summed E-state index contributed by atoms with van der Waals surface area (Å²) in [4.78, 5) is 13.4. The Morgan fingerprint density at radius 1 is 0.414 bits per heavy atom. The zero-order valence-electron chi connectivity index (χ0n) is 45.4. The van der Waals surface area contributed by atoms with Gasteiger partial charge in [0.2, 0.25) is 0 Å². The first-order valence-corrected chi connectivity index (χ1v) is 29.9. The number of benzene rings is 3. The van der Waals surface area contributed by atoms with Crippen molar-refractivity contribution in [3.63, 3.8) is 0 Å². The Balaban J connectivity index is 1.34. The van der Waals surface area contributed by atoms with Crippen molar-refractivity contribution in [1.29, 1.82) is 5.26 Å². The lowest BCUT2D eigenvalue weighted by molar-refractivity contribution is -0.385. The molecule has 0 saturated heterocycles. The van der Waals surface area contributed by atoms with E-state index in [2.05, 4.69) is 67.3 Å². The van der Waals surface area contributed by atoms with Crippen LogP contribution in [0.4, 0.5) is 11.4 Å². The van der Waals surface area contributed by atoms with E-state index >= 15 is 0 Å². The van der Waals surface area contributed by atoms with Gasteiger partial charge in [-0.05, 0) is 59.4 Å². The van der Waals surface area contributed by atoms with Crippen LogP contribution in [0, 0.1) is 21.4 Å². The normalized spacial score (nSPS) is 11.4. The summed E-state index contributed by atoms with van der Waals surface area (Å²) >= 11 is 0. The van der Waals surface area contributed by atoms with E-state index in [4.69, 9.17) is 0 Å². The van der Waals surface area contributed by atoms with Crippen LogP contribution in [-0.4, -0.2) is 18.0 Å². The summed E-state index contributed by atoms with van der Waals surface area (Å²) in [6.45, 7) is 6.89. The molecule has 0 heterocycles. The van der Waals surface area contributed by atoms with Crippen LogP contribution in [0.2, 0.25) is 0 Å². The van der Waals surface area contributed by atoms with Gasteiger partial charge in [-0.1, -0.05) is 306 Å². The van der Waals surface area contributed by atoms with Crippen molar-refractivity contribution >= 4 is 23.5 Å². The van der Waals surface area contributed by atoms with Crippen molar-refractivity contribution in [3.8, 4) is 17.2 Å². The van der Waals surface area contributed by atoms with Crippen molar-refractivity contribution in [3.05, 3.63) is 93.5 Å². The van der Waals surface area contributed by atoms with Crippen molar-refractivity contribution < 1.29 is 4.92 Å². The Morgan fingerprint density at radius 3 is 1.01 bits per heavy atom. The van der Waals surface area contributed by atoms with E-state index in [1.54, 1.807) is 12.1 Å². The summed E-state index contributed by atoms with van der Waals surface area (Å²) < 4.78 is 0. The van der Waals surface area contributed by atoms with E-state index in [0.717, 1.165) is 24.2 Å². The number of anilines is 1. The molecular weight excluding hydrogens is 855 g/mol. The van der Waals surface area contributed by atoms with Gasteiger partial charge >= 0.3 is 0 Å². The molecule has 0 bridgehead atoms. The molecule has 0 aliphatic rings. The van der Waals surface area contributed by atoms with E-state index in [0.29, 0.717) is 0 Å². The first-order valence-electron chi connectivity index (χ1n) is 29.9. The second-order valence-corrected chi connectivity index (χ2v) is 21.1. The smallest absolute Gasteiger partial charge is 0.287 e. The predicted molar refractivity (Wildman–Crippen MR) is 307 cm³/mol. The molecule has 0 aliphatic heterocycles. The van der Waals surface area contributed by atoms with Crippen LogP contribution < -0.4 is 4.90 Å². The van der Waals surface area contributed by atoms with Gasteiger partial charge in [0.25, 0.3) is 5.69 Å². The van der Waals surface area contributed by atoms with Crippen molar-refractivity contribution in [2.45, 2.75) is 271 Å². The molecule has 3 aromatic rings. The quantitative estimate of drug-likeness (QED) is 0.0245. The molecule has 0 fully saturated rings. The average Bonchev–Trinajstić information content (AvgIpc) is 3.38. The van der Waals surface area contributed by atoms with Crippen LogP contribution in [0.5, 0.6) is 0 Å². The van der Waals surface area contributed by atoms with Gasteiger partial charge in [0.15, 0.2) is 0 Å². The van der Waals surface area contributed by atoms with E-state index in [1.807, 2.05) is 18.2 Å². The van der Waals surface area contributed by atoms with Gasteiger partial charge in [-0.2, -0.15) is 5.26 Å². The molecule has 0 aliphatic carbocycles. The SMILES string of the molecule is CCCCCCCCCCCCCCCCCCCCCCN(CCCCCCCCCCCCCCCCCCCCCC)c1ccc(-c2ccc(C=Cc3ccc([N+](=O)[O-])c(C#N)c3)cc2)cc1. The predicted octanol–water partition coefficient (Wildman–Crippen LogP) is 21.8. The molecule has 5 nitrogen and oxygen atoms in total. The zero-order chi connectivity index (χ0) is 49.8. The maximum Gasteiger partial charge on any atom is 0.287 e. The summed E-state index contributed by atoms with van der Waals surface area (Å²) in [5.41, 5.74) is 5.45. The lowest BCUT2D eigenvalue weighted by Crippen LogP contribution is -2.25. The number of unbranched alkanes of at least 4 members (excludes halogenated alkanes) is 38. The average molecular weight is 959 g/mol. The molecular formula is C65H103N3O2. The molecule has 3 rings (SSSR count). The Hall–Kier alpha value is -3.91. The highest BCUT2D eigenvalue weighted by Gasteiger charge is 2.13. The van der Waals surface area contributed by atoms with Gasteiger partial charge in [-0.15, -0.1) is 0 Å². The van der Waals surface area contributed by atoms with Gasteiger partial charge in [0.05, 0.1) is 4.92 Å². The Labute approximate surface area is 431 Å². The molecule has 390 valence electrons. The summed E-state index contributed by atoms with van der Waals surface area (Å²) in [6, 6.07) is 24.3. The molecule has 0 atom stereocenters. The van der Waals surface area contributed by atoms with Gasteiger partial charge < -0.3 is 4.90 Å². The number of hydrogen-bond acceptors (Lipinski definition) is 4. The maximum atomic E-state index is 11.2. The number of nitriles is 1. The number of nitro benzene ring substituents is 1. The maximum absolute atomic E-state index is 11.2. The molecule has 0 N–H and O–H groups in total. The molecule has 0 aromatic heterocycles. The van der Waals surface area contributed by atoms with Gasteiger partial charge in [-0.3, -0.25) is 10.1 Å². The van der Waals surface area contributed by atoms with Crippen LogP contribution in [0.1, 0.15) is 287 Å². The zero-order valence-corrected chi connectivity index (χ0v) is 45.4. The van der Waals surface area contributed by atoms with Gasteiger partial charge in [0.1, 0.15) is 11.6 Å². The highest BCUT2D eigenvalue weighted by Crippen LogP contribution is 2.27. The monoisotopic (exact) mass is 958 g/mol. The van der Waals surface area contributed by atoms with E-state index in [1.165, 1.54) is 280 Å². The summed E-state index contributed by atoms with van der Waals surface area (Å²) in [6.07, 6.45) is 60.5. The van der Waals surface area contributed by atoms with E-state index in [-0.39, 0.29) is 11.3 Å². The molecule has 0 amide bonds. The number of nitrogens with zero attached hydrogens (tertiary/aromatic N) is 3. The molecule has 0 saturated carbocycles. The van der Waals surface area contributed by atoms with E-state index in [9.17, 15) is 15.4 Å². The van der Waals surface area contributed by atoms with Crippen LogP contribution in [0.25, 0.3) is 23.3 Å². The Bertz CT molecular complexity index is 1710. The summed E-state index contributed by atoms with van der Waals surface area (Å²) in [5, 5.41) is 20.6. The Kier molecular flexibility index (Phi) is 36.9. The minimum Gasteiger partial charge on any atom is -0.372 e. The molecule has 0 spiro atoms. The molecule has 5 heteroatoms. The topological polar surface area (TPSA) is 70.2 Å². The standard InChI is InChI=1S/C65H103N3O2/c1-3-5-7-9-11-13-15-17-19-21-23-25-27-29-31-33-35-37-39-41-55-67(56-42-40-38-36-34-32-30-28-26-24-22-20-18-16-14-12-10-8-6-4-2)64-52-50-62(51-53-64)61-48-45-59(46-49-61)43-44-60-47-54-65(68(69)70)63(57-60)58-66/h43-54,57H,3-42,55-56H2,1-2H3. The third kappa shape index (κ3) is 30.1. The molecule has 3 aromatic carbocycles. The van der Waals surface area contributed by atoms with Gasteiger partial charge in [-0.25, -0.2) is 0 Å². The Morgan fingerprint density at radius 2 is 0.700 bits per heavy atom. The van der Waals surface area contributed by atoms with Gasteiger partial charge in [0, 0.05) is 24.8 Å². The second-order valence-electron chi connectivity index (χ2n) is 21.1. The lowest BCUT2D eigenvalue weighted by Gasteiger charge is -2.25. The molecule has 0 unspecified atom stereocenters. The van der Waals surface area contributed by atoms with E-state index < -0.39 is 4.92 Å². The minimum absolute atomic E-state index is 0.0750. The van der Waals surface area contributed by atoms with Crippen LogP contribution in [-0.2, 0) is 0 Å². The highest BCUT2D eigenvalue weighted by atomic mass is 16.6. The minimum atomic E-state index is -0.512. The number of hydrogen-bond donors (Lipinski definition) is 0.